The number of sulfonamides is 1. The Balaban J connectivity index is 1.84. The van der Waals surface area contributed by atoms with Gasteiger partial charge in [0.05, 0.1) is 4.90 Å². The van der Waals surface area contributed by atoms with Gasteiger partial charge in [0.15, 0.2) is 0 Å². The number of carbonyl (C=O) groups is 1. The predicted octanol–water partition coefficient (Wildman–Crippen LogP) is 3.47. The van der Waals surface area contributed by atoms with Crippen molar-refractivity contribution in [3.8, 4) is 0 Å². The van der Waals surface area contributed by atoms with E-state index in [1.54, 1.807) is 36.4 Å². The van der Waals surface area contributed by atoms with E-state index in [1.807, 2.05) is 18.2 Å². The highest BCUT2D eigenvalue weighted by Gasteiger charge is 2.37. The molecule has 0 spiro atoms. The van der Waals surface area contributed by atoms with Gasteiger partial charge in [0, 0.05) is 15.8 Å². The molecule has 132 valence electrons. The molecule has 1 heterocycles. The van der Waals surface area contributed by atoms with Gasteiger partial charge in [-0.25, -0.2) is 8.42 Å². The number of piperidine rings is 1. The fourth-order valence-corrected chi connectivity index (χ4v) is 5.19. The van der Waals surface area contributed by atoms with Crippen molar-refractivity contribution in [2.45, 2.75) is 30.2 Å². The zero-order valence-corrected chi connectivity index (χ0v) is 16.5. The molecule has 1 atom stereocenters. The van der Waals surface area contributed by atoms with Gasteiger partial charge in [-0.2, -0.15) is 4.31 Å². The molecule has 0 unspecified atom stereocenters. The molecular weight excluding hydrogens is 451 g/mol. The molecule has 1 aliphatic rings. The second-order valence-electron chi connectivity index (χ2n) is 5.94. The Morgan fingerprint density at radius 1 is 1.08 bits per heavy atom. The third kappa shape index (κ3) is 4.21. The summed E-state index contributed by atoms with van der Waals surface area (Å²) in [6, 6.07) is 15.1. The fraction of sp³-hybridized carbons (Fsp3) is 0.278. The van der Waals surface area contributed by atoms with Crippen LogP contribution in [-0.2, 0) is 14.8 Å². The van der Waals surface area contributed by atoms with Crippen LogP contribution in [0.25, 0.3) is 0 Å². The van der Waals surface area contributed by atoms with Crippen LogP contribution < -0.4 is 5.32 Å². The van der Waals surface area contributed by atoms with Gasteiger partial charge < -0.3 is 5.32 Å². The van der Waals surface area contributed by atoms with E-state index < -0.39 is 16.1 Å². The molecule has 0 bridgehead atoms. The van der Waals surface area contributed by atoms with Gasteiger partial charge in [0.1, 0.15) is 6.04 Å². The zero-order chi connectivity index (χ0) is 17.9. The monoisotopic (exact) mass is 470 g/mol. The Kier molecular flexibility index (Phi) is 5.75. The van der Waals surface area contributed by atoms with Crippen LogP contribution in [-0.4, -0.2) is 31.2 Å². The van der Waals surface area contributed by atoms with Crippen molar-refractivity contribution in [3.63, 3.8) is 0 Å². The molecule has 2 aromatic rings. The second-order valence-corrected chi connectivity index (χ2v) is 9.08. The van der Waals surface area contributed by atoms with Crippen LogP contribution in [0.4, 0.5) is 5.69 Å². The van der Waals surface area contributed by atoms with E-state index in [4.69, 9.17) is 0 Å². The Morgan fingerprint density at radius 2 is 1.84 bits per heavy atom. The van der Waals surface area contributed by atoms with Crippen LogP contribution >= 0.6 is 22.6 Å². The van der Waals surface area contributed by atoms with Crippen LogP contribution in [0.2, 0.25) is 0 Å². The lowest BCUT2D eigenvalue weighted by molar-refractivity contribution is -0.120. The van der Waals surface area contributed by atoms with Gasteiger partial charge in [-0.3, -0.25) is 4.79 Å². The molecule has 1 aliphatic heterocycles. The first-order valence-electron chi connectivity index (χ1n) is 8.12. The summed E-state index contributed by atoms with van der Waals surface area (Å²) in [6.45, 7) is 0.363. The maximum atomic E-state index is 13.0. The summed E-state index contributed by atoms with van der Waals surface area (Å²) < 4.78 is 28.3. The Hall–Kier alpha value is -1.45. The number of anilines is 1. The van der Waals surface area contributed by atoms with Crippen molar-refractivity contribution >= 4 is 44.2 Å². The van der Waals surface area contributed by atoms with E-state index in [1.165, 1.54) is 4.31 Å². The smallest absolute Gasteiger partial charge is 0.243 e. The number of amides is 1. The van der Waals surface area contributed by atoms with E-state index in [-0.39, 0.29) is 10.8 Å². The average Bonchev–Trinajstić information content (AvgIpc) is 2.62. The van der Waals surface area contributed by atoms with Gasteiger partial charge in [-0.05, 0) is 65.8 Å². The lowest BCUT2D eigenvalue weighted by Gasteiger charge is -2.33. The molecule has 1 saturated heterocycles. The first-order chi connectivity index (χ1) is 12.0. The fourth-order valence-electron chi connectivity index (χ4n) is 2.97. The summed E-state index contributed by atoms with van der Waals surface area (Å²) in [7, 11) is -3.69. The van der Waals surface area contributed by atoms with Crippen LogP contribution in [0.15, 0.2) is 59.5 Å². The van der Waals surface area contributed by atoms with E-state index in [9.17, 15) is 13.2 Å². The molecule has 1 fully saturated rings. The molecule has 1 amide bonds. The minimum Gasteiger partial charge on any atom is -0.325 e. The third-order valence-corrected chi connectivity index (χ3v) is 6.79. The molecule has 0 aliphatic carbocycles. The molecule has 0 aromatic heterocycles. The number of hydrogen-bond acceptors (Lipinski definition) is 3. The number of rotatable bonds is 4. The molecule has 25 heavy (non-hydrogen) atoms. The molecule has 0 saturated carbocycles. The zero-order valence-electron chi connectivity index (χ0n) is 13.6. The van der Waals surface area contributed by atoms with Gasteiger partial charge in [0.25, 0.3) is 0 Å². The quantitative estimate of drug-likeness (QED) is 0.697. The molecule has 3 rings (SSSR count). The Morgan fingerprint density at radius 3 is 2.56 bits per heavy atom. The maximum absolute atomic E-state index is 13.0. The normalized spacial score (nSPS) is 18.7. The number of carbonyl (C=O) groups excluding carboxylic acids is 1. The molecule has 0 radical (unpaired) electrons. The number of nitrogens with zero attached hydrogens (tertiary/aromatic N) is 1. The van der Waals surface area contributed by atoms with Crippen molar-refractivity contribution in [2.24, 2.45) is 0 Å². The predicted molar refractivity (Wildman–Crippen MR) is 106 cm³/mol. The van der Waals surface area contributed by atoms with Crippen molar-refractivity contribution in [1.29, 1.82) is 0 Å². The third-order valence-electron chi connectivity index (χ3n) is 4.20. The van der Waals surface area contributed by atoms with Crippen molar-refractivity contribution in [2.75, 3.05) is 11.9 Å². The summed E-state index contributed by atoms with van der Waals surface area (Å²) in [4.78, 5) is 13.0. The van der Waals surface area contributed by atoms with Gasteiger partial charge >= 0.3 is 0 Å². The standard InChI is InChI=1S/C18H19IN2O3S/c19-14-7-6-8-15(13-14)20-18(22)17-11-4-5-12-21(17)25(23,24)16-9-2-1-3-10-16/h1-3,6-10,13,17H,4-5,11-12H2,(H,20,22)/t17-/m1/s1. The van der Waals surface area contributed by atoms with E-state index >= 15 is 0 Å². The molecule has 1 N–H and O–H groups in total. The van der Waals surface area contributed by atoms with Gasteiger partial charge in [0.2, 0.25) is 15.9 Å². The van der Waals surface area contributed by atoms with Crippen LogP contribution in [0.1, 0.15) is 19.3 Å². The SMILES string of the molecule is O=C(Nc1cccc(I)c1)[C@H]1CCCCN1S(=O)(=O)c1ccccc1. The first kappa shape index (κ1) is 18.3. The molecule has 7 heteroatoms. The molecule has 5 nitrogen and oxygen atoms in total. The van der Waals surface area contributed by atoms with E-state index in [0.29, 0.717) is 18.7 Å². The summed E-state index contributed by atoms with van der Waals surface area (Å²) in [6.07, 6.45) is 2.13. The number of hydrogen-bond donors (Lipinski definition) is 1. The summed E-state index contributed by atoms with van der Waals surface area (Å²) >= 11 is 2.17. The summed E-state index contributed by atoms with van der Waals surface area (Å²) in [5.41, 5.74) is 0.680. The summed E-state index contributed by atoms with van der Waals surface area (Å²) in [5, 5.41) is 2.86. The van der Waals surface area contributed by atoms with Crippen molar-refractivity contribution in [3.05, 3.63) is 58.2 Å². The highest BCUT2D eigenvalue weighted by atomic mass is 127. The van der Waals surface area contributed by atoms with Crippen LogP contribution in [0.3, 0.4) is 0 Å². The van der Waals surface area contributed by atoms with E-state index in [2.05, 4.69) is 27.9 Å². The number of nitrogens with one attached hydrogen (secondary N) is 1. The topological polar surface area (TPSA) is 66.5 Å². The highest BCUT2D eigenvalue weighted by molar-refractivity contribution is 14.1. The Labute approximate surface area is 161 Å². The van der Waals surface area contributed by atoms with Crippen LogP contribution in [0, 0.1) is 3.57 Å². The lowest BCUT2D eigenvalue weighted by atomic mass is 10.0. The van der Waals surface area contributed by atoms with Gasteiger partial charge in [-0.1, -0.05) is 30.7 Å². The Bertz CT molecular complexity index is 856. The van der Waals surface area contributed by atoms with E-state index in [0.717, 1.165) is 16.4 Å². The first-order valence-corrected chi connectivity index (χ1v) is 10.6. The van der Waals surface area contributed by atoms with Crippen molar-refractivity contribution in [1.82, 2.24) is 4.31 Å². The number of halogens is 1. The number of benzene rings is 2. The van der Waals surface area contributed by atoms with Crippen molar-refractivity contribution < 1.29 is 13.2 Å². The maximum Gasteiger partial charge on any atom is 0.243 e. The minimum absolute atomic E-state index is 0.226. The van der Waals surface area contributed by atoms with Gasteiger partial charge in [-0.15, -0.1) is 0 Å². The lowest BCUT2D eigenvalue weighted by Crippen LogP contribution is -2.49. The average molecular weight is 470 g/mol. The summed E-state index contributed by atoms with van der Waals surface area (Å²) in [5.74, 6) is -0.277. The van der Waals surface area contributed by atoms with Crippen LogP contribution in [0.5, 0.6) is 0 Å². The second kappa shape index (κ2) is 7.84. The molecule has 2 aromatic carbocycles. The molecular formula is C18H19IN2O3S. The minimum atomic E-state index is -3.69. The highest BCUT2D eigenvalue weighted by Crippen LogP contribution is 2.26. The largest absolute Gasteiger partial charge is 0.325 e.